The predicted molar refractivity (Wildman–Crippen MR) is 82.4 cm³/mol. The lowest BCUT2D eigenvalue weighted by atomic mass is 9.85. The number of nitrogens with zero attached hydrogens (tertiary/aromatic N) is 1. The number of halogens is 1. The van der Waals surface area contributed by atoms with Gasteiger partial charge in [-0.15, -0.1) is 0 Å². The fourth-order valence-corrected chi connectivity index (χ4v) is 3.78. The molecule has 0 saturated carbocycles. The standard InChI is InChI=1S/C18H14FNO3/c1-9-7-15-11-3-2-4-12(18(22)23)16(11)17(21)20(15)14-6-5-10(19)8-13(9)14/h2-6,8-9,15H,7H2,1H3,(H,22,23)/t9-,15+/m1/s1. The summed E-state index contributed by atoms with van der Waals surface area (Å²) in [7, 11) is 0. The van der Waals surface area contributed by atoms with E-state index in [4.69, 9.17) is 0 Å². The van der Waals surface area contributed by atoms with E-state index in [9.17, 15) is 19.1 Å². The highest BCUT2D eigenvalue weighted by molar-refractivity contribution is 6.16. The Labute approximate surface area is 132 Å². The van der Waals surface area contributed by atoms with E-state index in [-0.39, 0.29) is 34.8 Å². The third kappa shape index (κ3) is 1.82. The zero-order valence-electron chi connectivity index (χ0n) is 12.4. The second-order valence-electron chi connectivity index (χ2n) is 6.11. The van der Waals surface area contributed by atoms with E-state index in [1.807, 2.05) is 13.0 Å². The highest BCUT2D eigenvalue weighted by Gasteiger charge is 2.44. The van der Waals surface area contributed by atoms with E-state index < -0.39 is 5.97 Å². The molecule has 2 atom stereocenters. The lowest BCUT2D eigenvalue weighted by Gasteiger charge is -2.35. The van der Waals surface area contributed by atoms with Gasteiger partial charge in [0.15, 0.2) is 0 Å². The van der Waals surface area contributed by atoms with E-state index in [1.54, 1.807) is 17.0 Å². The van der Waals surface area contributed by atoms with Crippen molar-refractivity contribution in [3.05, 3.63) is 64.5 Å². The van der Waals surface area contributed by atoms with Crippen molar-refractivity contribution < 1.29 is 19.1 Å². The Balaban J connectivity index is 1.94. The highest BCUT2D eigenvalue weighted by Crippen LogP contribution is 2.50. The number of benzene rings is 2. The number of anilines is 1. The Kier molecular flexibility index (Phi) is 2.82. The number of carbonyl (C=O) groups excluding carboxylic acids is 1. The van der Waals surface area contributed by atoms with Gasteiger partial charge in [0.1, 0.15) is 5.82 Å². The molecule has 1 amide bonds. The maximum atomic E-state index is 13.6. The molecule has 0 aromatic heterocycles. The summed E-state index contributed by atoms with van der Waals surface area (Å²) >= 11 is 0. The van der Waals surface area contributed by atoms with Crippen LogP contribution in [0.3, 0.4) is 0 Å². The van der Waals surface area contributed by atoms with Gasteiger partial charge in [-0.25, -0.2) is 9.18 Å². The third-order valence-electron chi connectivity index (χ3n) is 4.79. The molecule has 0 bridgehead atoms. The van der Waals surface area contributed by atoms with Crippen LogP contribution in [0.2, 0.25) is 0 Å². The fraction of sp³-hybridized carbons (Fsp3) is 0.222. The normalized spacial score (nSPS) is 21.7. The Morgan fingerprint density at radius 1 is 1.26 bits per heavy atom. The molecule has 0 saturated heterocycles. The molecule has 0 spiro atoms. The van der Waals surface area contributed by atoms with E-state index in [1.165, 1.54) is 18.2 Å². The van der Waals surface area contributed by atoms with Crippen LogP contribution in [0.4, 0.5) is 10.1 Å². The Bertz CT molecular complexity index is 861. The Morgan fingerprint density at radius 3 is 2.78 bits per heavy atom. The van der Waals surface area contributed by atoms with Crippen LogP contribution in [0.15, 0.2) is 36.4 Å². The van der Waals surface area contributed by atoms with Gasteiger partial charge in [-0.1, -0.05) is 19.1 Å². The van der Waals surface area contributed by atoms with Gasteiger partial charge in [-0.2, -0.15) is 0 Å². The number of fused-ring (bicyclic) bond motifs is 5. The molecule has 0 aliphatic carbocycles. The second-order valence-corrected chi connectivity index (χ2v) is 6.11. The van der Waals surface area contributed by atoms with Crippen LogP contribution in [0.25, 0.3) is 0 Å². The van der Waals surface area contributed by atoms with Crippen molar-refractivity contribution in [2.24, 2.45) is 0 Å². The summed E-state index contributed by atoms with van der Waals surface area (Å²) in [6, 6.07) is 9.15. The maximum Gasteiger partial charge on any atom is 0.336 e. The molecule has 2 aliphatic rings. The van der Waals surface area contributed by atoms with Gasteiger partial charge in [-0.3, -0.25) is 4.79 Å². The van der Waals surface area contributed by atoms with Gasteiger partial charge in [0.05, 0.1) is 17.2 Å². The van der Waals surface area contributed by atoms with Crippen LogP contribution in [-0.2, 0) is 0 Å². The molecule has 0 fully saturated rings. The van der Waals surface area contributed by atoms with Crippen molar-refractivity contribution >= 4 is 17.6 Å². The molecule has 0 unspecified atom stereocenters. The number of hydrogen-bond acceptors (Lipinski definition) is 2. The average molecular weight is 311 g/mol. The van der Waals surface area contributed by atoms with Crippen molar-refractivity contribution in [1.29, 1.82) is 0 Å². The van der Waals surface area contributed by atoms with E-state index in [0.29, 0.717) is 12.1 Å². The molecule has 2 aromatic rings. The van der Waals surface area contributed by atoms with Crippen molar-refractivity contribution in [2.75, 3.05) is 4.90 Å². The molecular formula is C18H14FNO3. The summed E-state index contributed by atoms with van der Waals surface area (Å²) in [5.74, 6) is -1.66. The molecule has 2 heterocycles. The molecule has 1 N–H and O–H groups in total. The third-order valence-corrected chi connectivity index (χ3v) is 4.79. The number of amides is 1. The molecule has 4 nitrogen and oxygen atoms in total. The molecule has 2 aromatic carbocycles. The van der Waals surface area contributed by atoms with Gasteiger partial charge >= 0.3 is 5.97 Å². The van der Waals surface area contributed by atoms with E-state index in [0.717, 1.165) is 11.1 Å². The quantitative estimate of drug-likeness (QED) is 0.873. The smallest absolute Gasteiger partial charge is 0.336 e. The Morgan fingerprint density at radius 2 is 2.04 bits per heavy atom. The lowest BCUT2D eigenvalue weighted by molar-refractivity contribution is 0.0692. The predicted octanol–water partition coefficient (Wildman–Crippen LogP) is 3.73. The zero-order valence-corrected chi connectivity index (χ0v) is 12.4. The molecular weight excluding hydrogens is 297 g/mol. The summed E-state index contributed by atoms with van der Waals surface area (Å²) in [5.41, 5.74) is 2.50. The van der Waals surface area contributed by atoms with Gasteiger partial charge in [0.25, 0.3) is 5.91 Å². The number of carbonyl (C=O) groups is 2. The first-order chi connectivity index (χ1) is 11.0. The Hall–Kier alpha value is -2.69. The molecule has 0 radical (unpaired) electrons. The number of carboxylic acids is 1. The first kappa shape index (κ1) is 13.9. The minimum Gasteiger partial charge on any atom is -0.478 e. The largest absolute Gasteiger partial charge is 0.478 e. The first-order valence-electron chi connectivity index (χ1n) is 7.48. The van der Waals surface area contributed by atoms with Crippen molar-refractivity contribution in [3.63, 3.8) is 0 Å². The number of rotatable bonds is 1. The maximum absolute atomic E-state index is 13.6. The van der Waals surface area contributed by atoms with E-state index >= 15 is 0 Å². The highest BCUT2D eigenvalue weighted by atomic mass is 19.1. The average Bonchev–Trinajstić information content (AvgIpc) is 2.81. The molecule has 116 valence electrons. The van der Waals surface area contributed by atoms with E-state index in [2.05, 4.69) is 0 Å². The van der Waals surface area contributed by atoms with Crippen LogP contribution in [0.1, 0.15) is 57.1 Å². The van der Waals surface area contributed by atoms with Gasteiger partial charge in [0.2, 0.25) is 0 Å². The second kappa shape index (κ2) is 4.65. The number of carboxylic acid groups (broad SMARTS) is 1. The minimum atomic E-state index is -1.11. The van der Waals surface area contributed by atoms with Crippen LogP contribution < -0.4 is 4.90 Å². The SMILES string of the molecule is C[C@@H]1C[C@H]2c3cccc(C(=O)O)c3C(=O)N2c2ccc(F)cc21. The summed E-state index contributed by atoms with van der Waals surface area (Å²) in [6.45, 7) is 2.00. The number of aromatic carboxylic acids is 1. The molecule has 4 rings (SSSR count). The summed E-state index contributed by atoms with van der Waals surface area (Å²) < 4.78 is 13.6. The zero-order chi connectivity index (χ0) is 16.3. The van der Waals surface area contributed by atoms with Gasteiger partial charge < -0.3 is 10.0 Å². The van der Waals surface area contributed by atoms with Gasteiger partial charge in [-0.05, 0) is 47.7 Å². The molecule has 5 heteroatoms. The lowest BCUT2D eigenvalue weighted by Crippen LogP contribution is -2.33. The summed E-state index contributed by atoms with van der Waals surface area (Å²) in [4.78, 5) is 25.9. The monoisotopic (exact) mass is 311 g/mol. The van der Waals surface area contributed by atoms with Crippen LogP contribution >= 0.6 is 0 Å². The number of hydrogen-bond donors (Lipinski definition) is 1. The fourth-order valence-electron chi connectivity index (χ4n) is 3.78. The van der Waals surface area contributed by atoms with Crippen LogP contribution in [0.5, 0.6) is 0 Å². The van der Waals surface area contributed by atoms with Gasteiger partial charge in [0, 0.05) is 5.69 Å². The summed E-state index contributed by atoms with van der Waals surface area (Å²) in [6.07, 6.45) is 0.651. The molecule has 2 aliphatic heterocycles. The minimum absolute atomic E-state index is 0.0261. The van der Waals surface area contributed by atoms with Crippen molar-refractivity contribution in [2.45, 2.75) is 25.3 Å². The topological polar surface area (TPSA) is 57.6 Å². The first-order valence-corrected chi connectivity index (χ1v) is 7.48. The van der Waals surface area contributed by atoms with Crippen LogP contribution in [0, 0.1) is 5.82 Å². The van der Waals surface area contributed by atoms with Crippen molar-refractivity contribution in [1.82, 2.24) is 0 Å². The summed E-state index contributed by atoms with van der Waals surface area (Å²) in [5, 5.41) is 9.36. The van der Waals surface area contributed by atoms with Crippen LogP contribution in [-0.4, -0.2) is 17.0 Å². The van der Waals surface area contributed by atoms with Crippen molar-refractivity contribution in [3.8, 4) is 0 Å². The molecule has 23 heavy (non-hydrogen) atoms.